The Balaban J connectivity index is 2.66. The monoisotopic (exact) mass is 322 g/mol. The van der Waals surface area contributed by atoms with Gasteiger partial charge in [0.25, 0.3) is 0 Å². The van der Waals surface area contributed by atoms with E-state index in [0.29, 0.717) is 17.9 Å². The molecule has 5 nitrogen and oxygen atoms in total. The van der Waals surface area contributed by atoms with E-state index >= 15 is 0 Å². The SMILES string of the molecule is CCCC(=O)N=c1sc2cc(OC)c(OC)cc2n1CCC. The van der Waals surface area contributed by atoms with Crippen molar-refractivity contribution in [1.29, 1.82) is 0 Å². The van der Waals surface area contributed by atoms with E-state index in [0.717, 1.165) is 34.4 Å². The minimum absolute atomic E-state index is 0.0714. The molecule has 0 atom stereocenters. The summed E-state index contributed by atoms with van der Waals surface area (Å²) in [5.74, 6) is 1.30. The first-order valence-corrected chi connectivity index (χ1v) is 8.29. The van der Waals surface area contributed by atoms with Crippen LogP contribution in [0.25, 0.3) is 10.2 Å². The van der Waals surface area contributed by atoms with Crippen LogP contribution in [0.4, 0.5) is 0 Å². The summed E-state index contributed by atoms with van der Waals surface area (Å²) in [6.45, 7) is 4.90. The van der Waals surface area contributed by atoms with E-state index in [1.54, 1.807) is 14.2 Å². The first-order chi connectivity index (χ1) is 10.6. The molecule has 0 aliphatic heterocycles. The number of amides is 1. The van der Waals surface area contributed by atoms with Gasteiger partial charge in [-0.2, -0.15) is 4.99 Å². The molecule has 120 valence electrons. The fourth-order valence-electron chi connectivity index (χ4n) is 2.30. The summed E-state index contributed by atoms with van der Waals surface area (Å²) in [5, 5.41) is 0. The number of aromatic nitrogens is 1. The molecule has 1 aromatic carbocycles. The zero-order valence-electron chi connectivity index (χ0n) is 13.5. The summed E-state index contributed by atoms with van der Waals surface area (Å²) in [4.78, 5) is 16.9. The van der Waals surface area contributed by atoms with Crippen LogP contribution in [-0.4, -0.2) is 24.7 Å². The molecular weight excluding hydrogens is 300 g/mol. The predicted molar refractivity (Wildman–Crippen MR) is 88.7 cm³/mol. The van der Waals surface area contributed by atoms with Crippen molar-refractivity contribution >= 4 is 27.5 Å². The molecule has 0 saturated carbocycles. The molecule has 0 spiro atoms. The second-order valence-corrected chi connectivity index (χ2v) is 5.98. The fourth-order valence-corrected chi connectivity index (χ4v) is 3.38. The van der Waals surface area contributed by atoms with Gasteiger partial charge in [0.2, 0.25) is 5.91 Å². The zero-order chi connectivity index (χ0) is 16.1. The lowest BCUT2D eigenvalue weighted by Crippen LogP contribution is -2.16. The molecule has 1 aromatic heterocycles. The third-order valence-electron chi connectivity index (χ3n) is 3.32. The maximum Gasteiger partial charge on any atom is 0.248 e. The number of carbonyl (C=O) groups excluding carboxylic acids is 1. The quantitative estimate of drug-likeness (QED) is 0.819. The van der Waals surface area contributed by atoms with Gasteiger partial charge in [0.15, 0.2) is 16.3 Å². The van der Waals surface area contributed by atoms with Crippen molar-refractivity contribution in [2.45, 2.75) is 39.7 Å². The van der Waals surface area contributed by atoms with Crippen molar-refractivity contribution < 1.29 is 14.3 Å². The van der Waals surface area contributed by atoms with Crippen LogP contribution in [0.3, 0.4) is 0 Å². The number of nitrogens with zero attached hydrogens (tertiary/aromatic N) is 2. The molecule has 0 fully saturated rings. The number of benzene rings is 1. The molecule has 0 saturated heterocycles. The smallest absolute Gasteiger partial charge is 0.248 e. The van der Waals surface area contributed by atoms with Crippen LogP contribution in [0.5, 0.6) is 11.5 Å². The summed E-state index contributed by atoms with van der Waals surface area (Å²) < 4.78 is 13.8. The van der Waals surface area contributed by atoms with E-state index in [4.69, 9.17) is 9.47 Å². The summed E-state index contributed by atoms with van der Waals surface area (Å²) in [6, 6.07) is 3.89. The van der Waals surface area contributed by atoms with E-state index in [1.807, 2.05) is 19.1 Å². The Morgan fingerprint density at radius 2 is 1.86 bits per heavy atom. The van der Waals surface area contributed by atoms with E-state index < -0.39 is 0 Å². The zero-order valence-corrected chi connectivity index (χ0v) is 14.3. The minimum atomic E-state index is -0.0714. The maximum atomic E-state index is 11.9. The number of hydrogen-bond donors (Lipinski definition) is 0. The standard InChI is InChI=1S/C16H22N2O3S/c1-5-7-15(19)17-16-18(8-6-2)11-9-12(20-3)13(21-4)10-14(11)22-16/h9-10H,5-8H2,1-4H3. The lowest BCUT2D eigenvalue weighted by atomic mass is 10.3. The van der Waals surface area contributed by atoms with Crippen LogP contribution in [0.15, 0.2) is 17.1 Å². The summed E-state index contributed by atoms with van der Waals surface area (Å²) in [5.41, 5.74) is 1.02. The van der Waals surface area contributed by atoms with Crippen LogP contribution in [0.2, 0.25) is 0 Å². The Labute approximate surface area is 134 Å². The van der Waals surface area contributed by atoms with Crippen LogP contribution in [-0.2, 0) is 11.3 Å². The highest BCUT2D eigenvalue weighted by Crippen LogP contribution is 2.33. The van der Waals surface area contributed by atoms with E-state index in [9.17, 15) is 4.79 Å². The van der Waals surface area contributed by atoms with Gasteiger partial charge in [-0.1, -0.05) is 25.2 Å². The number of thiazole rings is 1. The van der Waals surface area contributed by atoms with Crippen molar-refractivity contribution in [2.24, 2.45) is 4.99 Å². The highest BCUT2D eigenvalue weighted by Gasteiger charge is 2.12. The first-order valence-electron chi connectivity index (χ1n) is 7.47. The van der Waals surface area contributed by atoms with E-state index in [2.05, 4.69) is 16.5 Å². The number of carbonyl (C=O) groups is 1. The topological polar surface area (TPSA) is 52.8 Å². The van der Waals surface area contributed by atoms with E-state index in [1.165, 1.54) is 11.3 Å². The average molecular weight is 322 g/mol. The third-order valence-corrected chi connectivity index (χ3v) is 4.36. The lowest BCUT2D eigenvalue weighted by molar-refractivity contribution is -0.118. The number of aryl methyl sites for hydroxylation is 1. The van der Waals surface area contributed by atoms with Crippen molar-refractivity contribution in [3.05, 3.63) is 16.9 Å². The van der Waals surface area contributed by atoms with Crippen molar-refractivity contribution in [3.8, 4) is 11.5 Å². The second kappa shape index (κ2) is 7.45. The van der Waals surface area contributed by atoms with Crippen molar-refractivity contribution in [3.63, 3.8) is 0 Å². The van der Waals surface area contributed by atoms with Gasteiger partial charge in [-0.15, -0.1) is 0 Å². The van der Waals surface area contributed by atoms with Crippen LogP contribution in [0.1, 0.15) is 33.1 Å². The van der Waals surface area contributed by atoms with Crippen LogP contribution < -0.4 is 14.3 Å². The number of methoxy groups -OCH3 is 2. The van der Waals surface area contributed by atoms with Gasteiger partial charge < -0.3 is 14.0 Å². The molecule has 0 radical (unpaired) electrons. The molecule has 2 aromatic rings. The second-order valence-electron chi connectivity index (χ2n) is 4.97. The van der Waals surface area contributed by atoms with Gasteiger partial charge in [-0.05, 0) is 12.8 Å². The molecule has 6 heteroatoms. The molecule has 0 aliphatic carbocycles. The van der Waals surface area contributed by atoms with Crippen molar-refractivity contribution in [1.82, 2.24) is 4.57 Å². The highest BCUT2D eigenvalue weighted by atomic mass is 32.1. The largest absolute Gasteiger partial charge is 0.493 e. The number of rotatable bonds is 6. The molecule has 0 aliphatic rings. The minimum Gasteiger partial charge on any atom is -0.493 e. The Bertz CT molecular complexity index is 731. The maximum absolute atomic E-state index is 11.9. The Morgan fingerprint density at radius 3 is 2.45 bits per heavy atom. The molecular formula is C16H22N2O3S. The number of ether oxygens (including phenoxy) is 2. The first kappa shape index (κ1) is 16.5. The average Bonchev–Trinajstić information content (AvgIpc) is 2.83. The highest BCUT2D eigenvalue weighted by molar-refractivity contribution is 7.16. The number of hydrogen-bond acceptors (Lipinski definition) is 4. The van der Waals surface area contributed by atoms with Gasteiger partial charge in [-0.25, -0.2) is 0 Å². The summed E-state index contributed by atoms with van der Waals surface area (Å²) in [6.07, 6.45) is 2.25. The van der Waals surface area contributed by atoms with Gasteiger partial charge in [-0.3, -0.25) is 4.79 Å². The predicted octanol–water partition coefficient (Wildman–Crippen LogP) is 3.36. The van der Waals surface area contributed by atoms with Crippen LogP contribution >= 0.6 is 11.3 Å². The Hall–Kier alpha value is -1.82. The molecule has 0 N–H and O–H groups in total. The molecule has 0 unspecified atom stereocenters. The van der Waals surface area contributed by atoms with Gasteiger partial charge >= 0.3 is 0 Å². The summed E-state index contributed by atoms with van der Waals surface area (Å²) in [7, 11) is 3.24. The van der Waals surface area contributed by atoms with E-state index in [-0.39, 0.29) is 5.91 Å². The fraction of sp³-hybridized carbons (Fsp3) is 0.500. The van der Waals surface area contributed by atoms with Gasteiger partial charge in [0, 0.05) is 25.1 Å². The lowest BCUT2D eigenvalue weighted by Gasteiger charge is -2.08. The molecule has 2 rings (SSSR count). The van der Waals surface area contributed by atoms with Gasteiger partial charge in [0.05, 0.1) is 24.4 Å². The van der Waals surface area contributed by atoms with Gasteiger partial charge in [0.1, 0.15) is 0 Å². The normalized spacial score (nSPS) is 11.9. The molecule has 1 amide bonds. The third kappa shape index (κ3) is 3.32. The summed E-state index contributed by atoms with van der Waals surface area (Å²) >= 11 is 1.51. The molecule has 1 heterocycles. The Morgan fingerprint density at radius 1 is 1.18 bits per heavy atom. The van der Waals surface area contributed by atoms with Crippen molar-refractivity contribution in [2.75, 3.05) is 14.2 Å². The number of fused-ring (bicyclic) bond motifs is 1. The molecule has 0 bridgehead atoms. The van der Waals surface area contributed by atoms with Crippen LogP contribution in [0, 0.1) is 0 Å². The molecule has 22 heavy (non-hydrogen) atoms. The Kier molecular flexibility index (Phi) is 5.60.